The van der Waals surface area contributed by atoms with E-state index in [2.05, 4.69) is 31.2 Å². The van der Waals surface area contributed by atoms with Crippen molar-refractivity contribution in [2.24, 2.45) is 5.92 Å². The summed E-state index contributed by atoms with van der Waals surface area (Å²) >= 11 is 0. The van der Waals surface area contributed by atoms with E-state index in [0.717, 1.165) is 56.6 Å². The largest absolute Gasteiger partial charge is 0.339 e. The Morgan fingerprint density at radius 1 is 1.45 bits per heavy atom. The molecular weight excluding hydrogens is 276 g/mol. The van der Waals surface area contributed by atoms with Crippen LogP contribution in [0.15, 0.2) is 6.20 Å². The molecule has 1 amide bonds. The first-order chi connectivity index (χ1) is 10.5. The molecule has 0 radical (unpaired) electrons. The first-order valence-electron chi connectivity index (χ1n) is 8.57. The van der Waals surface area contributed by atoms with Crippen molar-refractivity contribution in [3.63, 3.8) is 0 Å². The molecule has 1 fully saturated rings. The van der Waals surface area contributed by atoms with Gasteiger partial charge in [0.1, 0.15) is 0 Å². The Morgan fingerprint density at radius 3 is 2.91 bits per heavy atom. The minimum atomic E-state index is 0.124. The molecule has 0 saturated carbocycles. The molecule has 1 atom stereocenters. The Morgan fingerprint density at radius 2 is 2.23 bits per heavy atom. The minimum absolute atomic E-state index is 0.124. The fourth-order valence-corrected chi connectivity index (χ4v) is 3.21. The number of amides is 1. The summed E-state index contributed by atoms with van der Waals surface area (Å²) in [6, 6.07) is 0.334. The summed E-state index contributed by atoms with van der Waals surface area (Å²) in [4.78, 5) is 14.8. The van der Waals surface area contributed by atoms with E-state index in [9.17, 15) is 4.79 Å². The van der Waals surface area contributed by atoms with Gasteiger partial charge in [0.15, 0.2) is 0 Å². The summed E-state index contributed by atoms with van der Waals surface area (Å²) in [6.45, 7) is 9.37. The molecule has 0 bridgehead atoms. The monoisotopic (exact) mass is 306 g/mol. The van der Waals surface area contributed by atoms with Crippen molar-refractivity contribution in [1.29, 1.82) is 0 Å². The number of hydrogen-bond acceptors (Lipinski definition) is 3. The van der Waals surface area contributed by atoms with E-state index in [0.29, 0.717) is 12.0 Å². The van der Waals surface area contributed by atoms with E-state index in [-0.39, 0.29) is 5.91 Å². The average molecular weight is 306 g/mol. The molecule has 1 unspecified atom stereocenters. The summed E-state index contributed by atoms with van der Waals surface area (Å²) in [5, 5.41) is 7.86. The van der Waals surface area contributed by atoms with Gasteiger partial charge in [-0.3, -0.25) is 9.48 Å². The summed E-state index contributed by atoms with van der Waals surface area (Å²) in [5.74, 6) is 0.651. The third kappa shape index (κ3) is 3.88. The quantitative estimate of drug-likeness (QED) is 0.908. The van der Waals surface area contributed by atoms with Gasteiger partial charge in [-0.25, -0.2) is 0 Å². The molecule has 1 saturated heterocycles. The standard InChI is InChI=1S/C17H30N4O/c1-5-16-15(11-19-21(16)12-13(2)3)17(22)20(4)14-7-6-9-18-10-8-14/h11,13-14,18H,5-10,12H2,1-4H3. The zero-order valence-electron chi connectivity index (χ0n) is 14.4. The highest BCUT2D eigenvalue weighted by atomic mass is 16.2. The van der Waals surface area contributed by atoms with E-state index in [4.69, 9.17) is 0 Å². The molecule has 2 heterocycles. The molecule has 22 heavy (non-hydrogen) atoms. The molecule has 0 aliphatic carbocycles. The molecule has 0 spiro atoms. The third-order valence-electron chi connectivity index (χ3n) is 4.47. The molecule has 1 aliphatic rings. The van der Waals surface area contributed by atoms with Crippen molar-refractivity contribution < 1.29 is 4.79 Å². The van der Waals surface area contributed by atoms with Crippen LogP contribution in [0.25, 0.3) is 0 Å². The van der Waals surface area contributed by atoms with Crippen LogP contribution in [0.4, 0.5) is 0 Å². The SMILES string of the molecule is CCc1c(C(=O)N(C)C2CCCNCC2)cnn1CC(C)C. The van der Waals surface area contributed by atoms with Gasteiger partial charge in [0.05, 0.1) is 17.5 Å². The first kappa shape index (κ1) is 17.0. The Balaban J connectivity index is 2.15. The van der Waals surface area contributed by atoms with Gasteiger partial charge < -0.3 is 10.2 Å². The number of nitrogens with zero attached hydrogens (tertiary/aromatic N) is 3. The van der Waals surface area contributed by atoms with E-state index in [1.807, 2.05) is 16.6 Å². The van der Waals surface area contributed by atoms with Crippen LogP contribution in [0.1, 0.15) is 56.1 Å². The summed E-state index contributed by atoms with van der Waals surface area (Å²) in [6.07, 6.45) is 5.85. The zero-order chi connectivity index (χ0) is 16.1. The van der Waals surface area contributed by atoms with Crippen molar-refractivity contribution in [3.8, 4) is 0 Å². The molecular formula is C17H30N4O. The van der Waals surface area contributed by atoms with Crippen LogP contribution in [0.5, 0.6) is 0 Å². The normalized spacial score (nSPS) is 19.2. The summed E-state index contributed by atoms with van der Waals surface area (Å²) in [7, 11) is 1.94. The summed E-state index contributed by atoms with van der Waals surface area (Å²) < 4.78 is 2.00. The number of hydrogen-bond donors (Lipinski definition) is 1. The molecule has 0 aromatic carbocycles. The first-order valence-corrected chi connectivity index (χ1v) is 8.57. The maximum absolute atomic E-state index is 12.9. The second-order valence-electron chi connectivity index (χ2n) is 6.69. The molecule has 5 nitrogen and oxygen atoms in total. The number of carbonyl (C=O) groups is 1. The van der Waals surface area contributed by atoms with Gasteiger partial charge in [-0.1, -0.05) is 20.8 Å². The maximum atomic E-state index is 12.9. The predicted octanol–water partition coefficient (Wildman–Crippen LogP) is 2.32. The lowest BCUT2D eigenvalue weighted by Crippen LogP contribution is -2.38. The number of nitrogens with one attached hydrogen (secondary N) is 1. The van der Waals surface area contributed by atoms with E-state index in [1.165, 1.54) is 0 Å². The average Bonchev–Trinajstić information content (AvgIpc) is 2.71. The van der Waals surface area contributed by atoms with Crippen molar-refractivity contribution >= 4 is 5.91 Å². The van der Waals surface area contributed by atoms with E-state index >= 15 is 0 Å². The molecule has 5 heteroatoms. The van der Waals surface area contributed by atoms with Crippen molar-refractivity contribution in [1.82, 2.24) is 20.0 Å². The van der Waals surface area contributed by atoms with Gasteiger partial charge in [-0.05, 0) is 44.7 Å². The van der Waals surface area contributed by atoms with Gasteiger partial charge >= 0.3 is 0 Å². The van der Waals surface area contributed by atoms with Gasteiger partial charge in [0, 0.05) is 19.6 Å². The fourth-order valence-electron chi connectivity index (χ4n) is 3.21. The van der Waals surface area contributed by atoms with Crippen LogP contribution in [-0.2, 0) is 13.0 Å². The van der Waals surface area contributed by atoms with E-state index in [1.54, 1.807) is 6.20 Å². The van der Waals surface area contributed by atoms with Gasteiger partial charge in [-0.2, -0.15) is 5.10 Å². The fraction of sp³-hybridized carbons (Fsp3) is 0.765. The van der Waals surface area contributed by atoms with Gasteiger partial charge in [0.2, 0.25) is 0 Å². The minimum Gasteiger partial charge on any atom is -0.339 e. The highest BCUT2D eigenvalue weighted by molar-refractivity contribution is 5.95. The van der Waals surface area contributed by atoms with Gasteiger partial charge in [0.25, 0.3) is 5.91 Å². The van der Waals surface area contributed by atoms with Crippen LogP contribution in [0.2, 0.25) is 0 Å². The van der Waals surface area contributed by atoms with Crippen LogP contribution in [-0.4, -0.2) is 46.8 Å². The number of carbonyl (C=O) groups excluding carboxylic acids is 1. The second-order valence-corrected chi connectivity index (χ2v) is 6.69. The van der Waals surface area contributed by atoms with Crippen molar-refractivity contribution in [3.05, 3.63) is 17.5 Å². The Labute approximate surface area is 134 Å². The number of rotatable bonds is 5. The molecule has 1 aliphatic heterocycles. The Bertz CT molecular complexity index is 487. The van der Waals surface area contributed by atoms with Crippen LogP contribution >= 0.6 is 0 Å². The second kappa shape index (κ2) is 7.77. The predicted molar refractivity (Wildman–Crippen MR) is 89.0 cm³/mol. The Kier molecular flexibility index (Phi) is 6.00. The molecule has 1 aromatic heterocycles. The van der Waals surface area contributed by atoms with Crippen molar-refractivity contribution in [2.75, 3.05) is 20.1 Å². The third-order valence-corrected chi connectivity index (χ3v) is 4.47. The molecule has 1 N–H and O–H groups in total. The van der Waals surface area contributed by atoms with E-state index < -0.39 is 0 Å². The maximum Gasteiger partial charge on any atom is 0.257 e. The summed E-state index contributed by atoms with van der Waals surface area (Å²) in [5.41, 5.74) is 1.85. The van der Waals surface area contributed by atoms with Crippen molar-refractivity contribution in [2.45, 2.75) is 59.0 Å². The zero-order valence-corrected chi connectivity index (χ0v) is 14.4. The Hall–Kier alpha value is -1.36. The van der Waals surface area contributed by atoms with Crippen LogP contribution in [0, 0.1) is 5.92 Å². The molecule has 124 valence electrons. The van der Waals surface area contributed by atoms with Crippen LogP contribution < -0.4 is 5.32 Å². The highest BCUT2D eigenvalue weighted by Crippen LogP contribution is 2.18. The lowest BCUT2D eigenvalue weighted by molar-refractivity contribution is 0.0719. The lowest BCUT2D eigenvalue weighted by Gasteiger charge is -2.27. The lowest BCUT2D eigenvalue weighted by atomic mass is 10.1. The van der Waals surface area contributed by atoms with Crippen LogP contribution in [0.3, 0.4) is 0 Å². The smallest absolute Gasteiger partial charge is 0.257 e. The number of aromatic nitrogens is 2. The highest BCUT2D eigenvalue weighted by Gasteiger charge is 2.25. The topological polar surface area (TPSA) is 50.2 Å². The van der Waals surface area contributed by atoms with Gasteiger partial charge in [-0.15, -0.1) is 0 Å². The molecule has 2 rings (SSSR count). The molecule has 1 aromatic rings.